The number of hydrogen-bond acceptors (Lipinski definition) is 5. The van der Waals surface area contributed by atoms with E-state index in [1.165, 1.54) is 24.3 Å². The summed E-state index contributed by atoms with van der Waals surface area (Å²) in [5.41, 5.74) is 4.32. The van der Waals surface area contributed by atoms with E-state index in [4.69, 9.17) is 4.74 Å². The zero-order valence-corrected chi connectivity index (χ0v) is 17.5. The molecule has 0 radical (unpaired) electrons. The highest BCUT2D eigenvalue weighted by atomic mass is 19.3. The van der Waals surface area contributed by atoms with Crippen molar-refractivity contribution >= 4 is 6.09 Å². The molecule has 0 saturated carbocycles. The number of alkyl carbamates (subject to hydrolysis) is 1. The second kappa shape index (κ2) is 9.97. The molecule has 172 valence electrons. The number of alkyl halides is 2. The maximum atomic E-state index is 12.6. The van der Waals surface area contributed by atoms with Crippen LogP contribution in [0.4, 0.5) is 13.6 Å². The van der Waals surface area contributed by atoms with Crippen LogP contribution in [0.25, 0.3) is 11.1 Å². The monoisotopic (exact) mass is 455 g/mol. The van der Waals surface area contributed by atoms with Gasteiger partial charge in [-0.2, -0.15) is 8.78 Å². The molecule has 0 aromatic heterocycles. The summed E-state index contributed by atoms with van der Waals surface area (Å²) < 4.78 is 34.9. The van der Waals surface area contributed by atoms with E-state index in [9.17, 15) is 23.8 Å². The van der Waals surface area contributed by atoms with Crippen LogP contribution in [0.1, 0.15) is 28.7 Å². The minimum Gasteiger partial charge on any atom is -0.449 e. The predicted octanol–water partition coefficient (Wildman–Crippen LogP) is 4.22. The Bertz CT molecular complexity index is 1080. The number of carbonyl (C=O) groups excluding carboxylic acids is 1. The minimum atomic E-state index is -3.07. The van der Waals surface area contributed by atoms with E-state index in [2.05, 4.69) is 10.1 Å². The number of aliphatic hydroxyl groups is 2. The topological polar surface area (TPSA) is 88.0 Å². The van der Waals surface area contributed by atoms with Gasteiger partial charge in [0.15, 0.2) is 0 Å². The van der Waals surface area contributed by atoms with Gasteiger partial charge in [-0.15, -0.1) is 0 Å². The van der Waals surface area contributed by atoms with E-state index >= 15 is 0 Å². The zero-order chi connectivity index (χ0) is 23.4. The summed E-state index contributed by atoms with van der Waals surface area (Å²) in [6.07, 6.45) is -3.78. The molecule has 0 bridgehead atoms. The van der Waals surface area contributed by atoms with Crippen LogP contribution in [-0.4, -0.2) is 42.2 Å². The fraction of sp³-hybridized carbons (Fsp3) is 0.240. The van der Waals surface area contributed by atoms with Crippen molar-refractivity contribution in [2.24, 2.45) is 0 Å². The van der Waals surface area contributed by atoms with Gasteiger partial charge in [0.1, 0.15) is 24.6 Å². The summed E-state index contributed by atoms with van der Waals surface area (Å²) in [6.45, 7) is -3.32. The molecule has 4 rings (SSSR count). The molecule has 2 unspecified atom stereocenters. The molecule has 1 aliphatic rings. The molecule has 3 aromatic rings. The van der Waals surface area contributed by atoms with Crippen LogP contribution in [0.2, 0.25) is 0 Å². The van der Waals surface area contributed by atoms with E-state index < -0.39 is 24.9 Å². The summed E-state index contributed by atoms with van der Waals surface area (Å²) in [5, 5.41) is 23.0. The van der Waals surface area contributed by atoms with Gasteiger partial charge in [0, 0.05) is 18.0 Å². The smallest absolute Gasteiger partial charge is 0.407 e. The average molecular weight is 455 g/mol. The normalized spacial score (nSPS) is 14.3. The van der Waals surface area contributed by atoms with E-state index in [0.29, 0.717) is 0 Å². The van der Waals surface area contributed by atoms with Crippen molar-refractivity contribution in [2.75, 3.05) is 13.2 Å². The molecule has 2 atom stereocenters. The Morgan fingerprint density at radius 2 is 1.48 bits per heavy atom. The molecular weight excluding hydrogens is 432 g/mol. The summed E-state index contributed by atoms with van der Waals surface area (Å²) in [5.74, 6) is -0.364. The van der Waals surface area contributed by atoms with Crippen molar-refractivity contribution in [3.63, 3.8) is 0 Å². The molecule has 3 aromatic carbocycles. The van der Waals surface area contributed by atoms with Crippen LogP contribution in [0, 0.1) is 0 Å². The van der Waals surface area contributed by atoms with Gasteiger partial charge in [0.25, 0.3) is 0 Å². The molecule has 0 aliphatic heterocycles. The van der Waals surface area contributed by atoms with Gasteiger partial charge in [-0.1, -0.05) is 66.7 Å². The van der Waals surface area contributed by atoms with Gasteiger partial charge in [0.2, 0.25) is 0 Å². The van der Waals surface area contributed by atoms with Crippen molar-refractivity contribution in [3.8, 4) is 16.9 Å². The average Bonchev–Trinajstić information content (AvgIpc) is 3.14. The highest BCUT2D eigenvalue weighted by molar-refractivity contribution is 5.79. The van der Waals surface area contributed by atoms with Crippen LogP contribution in [0.5, 0.6) is 5.75 Å². The number of rotatable bonds is 8. The Kier molecular flexibility index (Phi) is 6.86. The molecule has 33 heavy (non-hydrogen) atoms. The number of benzene rings is 3. The fourth-order valence-electron chi connectivity index (χ4n) is 4.08. The standard InChI is InChI=1S/C25H23F2NO5/c26-24(27)33-22-12-6-5-11-19(22)23(30)21(29)13-28-25(31)32-14-20-17-9-3-1-7-15(17)16-8-2-4-10-18(16)20/h1-12,20-21,23-24,29-30H,13-14H2,(H,28,31). The lowest BCUT2D eigenvalue weighted by Crippen LogP contribution is -2.36. The number of fused-ring (bicyclic) bond motifs is 3. The maximum Gasteiger partial charge on any atom is 0.407 e. The maximum absolute atomic E-state index is 12.6. The quantitative estimate of drug-likeness (QED) is 0.473. The van der Waals surface area contributed by atoms with Gasteiger partial charge in [-0.3, -0.25) is 0 Å². The lowest BCUT2D eigenvalue weighted by molar-refractivity contribution is -0.0537. The van der Waals surface area contributed by atoms with E-state index in [1.807, 2.05) is 48.5 Å². The van der Waals surface area contributed by atoms with Crippen LogP contribution < -0.4 is 10.1 Å². The molecule has 8 heteroatoms. The van der Waals surface area contributed by atoms with Crippen molar-refractivity contribution in [1.82, 2.24) is 5.32 Å². The summed E-state index contributed by atoms with van der Waals surface area (Å²) in [7, 11) is 0. The number of para-hydroxylation sites is 1. The molecule has 0 spiro atoms. The summed E-state index contributed by atoms with van der Waals surface area (Å²) in [4.78, 5) is 12.2. The van der Waals surface area contributed by atoms with Crippen LogP contribution in [0.3, 0.4) is 0 Å². The van der Waals surface area contributed by atoms with Gasteiger partial charge in [-0.25, -0.2) is 4.79 Å². The highest BCUT2D eigenvalue weighted by Gasteiger charge is 2.29. The van der Waals surface area contributed by atoms with Crippen LogP contribution >= 0.6 is 0 Å². The van der Waals surface area contributed by atoms with Gasteiger partial charge in [-0.05, 0) is 28.3 Å². The first-order valence-corrected chi connectivity index (χ1v) is 10.4. The number of amides is 1. The van der Waals surface area contributed by atoms with Crippen LogP contribution in [0.15, 0.2) is 72.8 Å². The molecule has 0 heterocycles. The summed E-state index contributed by atoms with van der Waals surface area (Å²) >= 11 is 0. The Morgan fingerprint density at radius 3 is 2.12 bits per heavy atom. The third kappa shape index (κ3) is 4.97. The Labute approximate surface area is 189 Å². The number of carbonyl (C=O) groups is 1. The Morgan fingerprint density at radius 1 is 0.909 bits per heavy atom. The summed E-state index contributed by atoms with van der Waals surface area (Å²) in [6, 6.07) is 21.5. The molecular formula is C25H23F2NO5. The Balaban J connectivity index is 1.34. The highest BCUT2D eigenvalue weighted by Crippen LogP contribution is 2.44. The third-order valence-electron chi connectivity index (χ3n) is 5.62. The van der Waals surface area contributed by atoms with Crippen molar-refractivity contribution in [3.05, 3.63) is 89.5 Å². The van der Waals surface area contributed by atoms with E-state index in [-0.39, 0.29) is 30.4 Å². The fourth-order valence-corrected chi connectivity index (χ4v) is 4.08. The molecule has 3 N–H and O–H groups in total. The Hall–Kier alpha value is -3.49. The lowest BCUT2D eigenvalue weighted by Gasteiger charge is -2.21. The lowest BCUT2D eigenvalue weighted by atomic mass is 9.98. The number of ether oxygens (including phenoxy) is 2. The van der Waals surface area contributed by atoms with Crippen molar-refractivity contribution in [2.45, 2.75) is 24.7 Å². The number of hydrogen-bond donors (Lipinski definition) is 3. The number of halogens is 2. The second-order valence-electron chi connectivity index (χ2n) is 7.63. The third-order valence-corrected chi connectivity index (χ3v) is 5.62. The molecule has 1 aliphatic carbocycles. The van der Waals surface area contributed by atoms with E-state index in [1.54, 1.807) is 0 Å². The minimum absolute atomic E-state index is 0.0142. The zero-order valence-electron chi connectivity index (χ0n) is 17.5. The largest absolute Gasteiger partial charge is 0.449 e. The number of aliphatic hydroxyl groups excluding tert-OH is 2. The van der Waals surface area contributed by atoms with Gasteiger partial charge in [0.05, 0.1) is 0 Å². The molecule has 0 fully saturated rings. The SMILES string of the molecule is O=C(NCC(O)C(O)c1ccccc1OC(F)F)OCC1c2ccccc2-c2ccccc21. The first kappa shape index (κ1) is 22.7. The van der Waals surface area contributed by atoms with Crippen molar-refractivity contribution < 1.29 is 33.3 Å². The molecule has 6 nitrogen and oxygen atoms in total. The number of nitrogens with one attached hydrogen (secondary N) is 1. The second-order valence-corrected chi connectivity index (χ2v) is 7.63. The van der Waals surface area contributed by atoms with Gasteiger partial charge < -0.3 is 25.0 Å². The first-order valence-electron chi connectivity index (χ1n) is 10.4. The predicted molar refractivity (Wildman–Crippen MR) is 117 cm³/mol. The molecule has 0 saturated heterocycles. The van der Waals surface area contributed by atoms with Crippen molar-refractivity contribution in [1.29, 1.82) is 0 Å². The van der Waals surface area contributed by atoms with Gasteiger partial charge >= 0.3 is 12.7 Å². The molecule has 1 amide bonds. The van der Waals surface area contributed by atoms with E-state index in [0.717, 1.165) is 22.3 Å². The first-order chi connectivity index (χ1) is 16.0. The van der Waals surface area contributed by atoms with Crippen LogP contribution in [-0.2, 0) is 4.74 Å².